The molecule has 12 heavy (non-hydrogen) atoms. The number of amides is 1. The first-order chi connectivity index (χ1) is 5.48. The van der Waals surface area contributed by atoms with Crippen molar-refractivity contribution in [3.63, 3.8) is 0 Å². The van der Waals surface area contributed by atoms with Gasteiger partial charge >= 0.3 is 0 Å². The Kier molecular flexibility index (Phi) is 4.38. The molecule has 0 aromatic carbocycles. The second-order valence-corrected chi connectivity index (χ2v) is 3.15. The molecule has 0 aromatic heterocycles. The topological polar surface area (TPSA) is 55.1 Å². The van der Waals surface area contributed by atoms with Crippen LogP contribution in [-0.4, -0.2) is 18.0 Å². The third-order valence-corrected chi connectivity index (χ3v) is 1.30. The van der Waals surface area contributed by atoms with Crippen LogP contribution in [0.4, 0.5) is 0 Å². The first-order valence-electron chi connectivity index (χ1n) is 3.95. The van der Waals surface area contributed by atoms with Crippen LogP contribution in [0.3, 0.4) is 0 Å². The highest BCUT2D eigenvalue weighted by atomic mass is 16.2. The molecule has 0 unspecified atom stereocenters. The maximum atomic E-state index is 11.1. The lowest BCUT2D eigenvalue weighted by Crippen LogP contribution is -2.49. The molecule has 0 fully saturated rings. The summed E-state index contributed by atoms with van der Waals surface area (Å²) in [5.74, 6) is 5.46. The highest BCUT2D eigenvalue weighted by molar-refractivity contribution is 5.84. The lowest BCUT2D eigenvalue weighted by atomic mass is 10.1. The van der Waals surface area contributed by atoms with Crippen molar-refractivity contribution in [3.05, 3.63) is 0 Å². The summed E-state index contributed by atoms with van der Waals surface area (Å²) in [6, 6.07) is 0. The van der Waals surface area contributed by atoms with Gasteiger partial charge in [0.15, 0.2) is 0 Å². The van der Waals surface area contributed by atoms with Crippen LogP contribution in [0, 0.1) is 11.8 Å². The molecule has 0 bridgehead atoms. The summed E-state index contributed by atoms with van der Waals surface area (Å²) < 4.78 is 0. The Balaban J connectivity index is 3.63. The van der Waals surface area contributed by atoms with E-state index in [2.05, 4.69) is 17.2 Å². The zero-order chi connectivity index (χ0) is 9.61. The Morgan fingerprint density at radius 2 is 2.17 bits per heavy atom. The van der Waals surface area contributed by atoms with Crippen LogP contribution in [0.25, 0.3) is 0 Å². The molecule has 3 heteroatoms. The maximum absolute atomic E-state index is 11.1. The van der Waals surface area contributed by atoms with Crippen molar-refractivity contribution in [1.82, 2.24) is 5.32 Å². The zero-order valence-electron chi connectivity index (χ0n) is 7.90. The Bertz CT molecular complexity index is 205. The van der Waals surface area contributed by atoms with Crippen LogP contribution in [0.1, 0.15) is 27.2 Å². The molecule has 0 saturated carbocycles. The van der Waals surface area contributed by atoms with Crippen LogP contribution in [-0.2, 0) is 4.79 Å². The summed E-state index contributed by atoms with van der Waals surface area (Å²) in [7, 11) is 0. The minimum absolute atomic E-state index is 0.139. The average Bonchev–Trinajstić information content (AvgIpc) is 1.96. The van der Waals surface area contributed by atoms with Gasteiger partial charge in [0.25, 0.3) is 0 Å². The summed E-state index contributed by atoms with van der Waals surface area (Å²) in [5.41, 5.74) is 4.75. The van der Waals surface area contributed by atoms with Crippen molar-refractivity contribution in [2.75, 3.05) is 6.54 Å². The third kappa shape index (κ3) is 4.75. The van der Waals surface area contributed by atoms with Gasteiger partial charge in [-0.1, -0.05) is 0 Å². The van der Waals surface area contributed by atoms with E-state index in [4.69, 9.17) is 5.73 Å². The van der Waals surface area contributed by atoms with Gasteiger partial charge in [-0.2, -0.15) is 0 Å². The van der Waals surface area contributed by atoms with Crippen molar-refractivity contribution < 1.29 is 4.79 Å². The number of carbonyl (C=O) groups is 1. The van der Waals surface area contributed by atoms with Crippen molar-refractivity contribution in [2.45, 2.75) is 32.7 Å². The van der Waals surface area contributed by atoms with Gasteiger partial charge < -0.3 is 11.1 Å². The first kappa shape index (κ1) is 11.0. The Morgan fingerprint density at radius 1 is 1.58 bits per heavy atom. The summed E-state index contributed by atoms with van der Waals surface area (Å²) in [4.78, 5) is 11.1. The van der Waals surface area contributed by atoms with E-state index >= 15 is 0 Å². The summed E-state index contributed by atoms with van der Waals surface area (Å²) in [6.45, 7) is 5.69. The molecule has 0 heterocycles. The van der Waals surface area contributed by atoms with Crippen molar-refractivity contribution >= 4 is 5.91 Å². The van der Waals surface area contributed by atoms with E-state index in [-0.39, 0.29) is 5.91 Å². The standard InChI is InChI=1S/C9H16N2O/c1-4-5-6-7-11-8(12)9(2,3)10/h6-7,10H2,1-3H3,(H,11,12). The lowest BCUT2D eigenvalue weighted by Gasteiger charge is -2.16. The summed E-state index contributed by atoms with van der Waals surface area (Å²) in [5, 5.41) is 2.69. The molecule has 0 atom stereocenters. The SMILES string of the molecule is CC#CCCNC(=O)C(C)(C)N. The fourth-order valence-corrected chi connectivity index (χ4v) is 0.591. The summed E-state index contributed by atoms with van der Waals surface area (Å²) in [6.07, 6.45) is 0.679. The fourth-order valence-electron chi connectivity index (χ4n) is 0.591. The van der Waals surface area contributed by atoms with E-state index in [0.717, 1.165) is 0 Å². The molecule has 0 aromatic rings. The average molecular weight is 168 g/mol. The van der Waals surface area contributed by atoms with Gasteiger partial charge in [-0.3, -0.25) is 4.79 Å². The molecule has 0 aliphatic carbocycles. The van der Waals surface area contributed by atoms with Gasteiger partial charge in [0, 0.05) is 13.0 Å². The molecule has 0 rings (SSSR count). The smallest absolute Gasteiger partial charge is 0.239 e. The molecule has 0 aliphatic heterocycles. The molecule has 3 N–H and O–H groups in total. The monoisotopic (exact) mass is 168 g/mol. The Hall–Kier alpha value is -1.01. The van der Waals surface area contributed by atoms with Gasteiger partial charge in [-0.15, -0.1) is 11.8 Å². The number of hydrogen-bond acceptors (Lipinski definition) is 2. The predicted molar refractivity (Wildman–Crippen MR) is 49.3 cm³/mol. The van der Waals surface area contributed by atoms with E-state index < -0.39 is 5.54 Å². The largest absolute Gasteiger partial charge is 0.354 e. The number of hydrogen-bond donors (Lipinski definition) is 2. The van der Waals surface area contributed by atoms with E-state index in [0.29, 0.717) is 13.0 Å². The van der Waals surface area contributed by atoms with Gasteiger partial charge in [0.1, 0.15) is 0 Å². The number of nitrogens with two attached hydrogens (primary N) is 1. The van der Waals surface area contributed by atoms with Gasteiger partial charge in [-0.25, -0.2) is 0 Å². The number of rotatable bonds is 3. The van der Waals surface area contributed by atoms with Gasteiger partial charge in [-0.05, 0) is 20.8 Å². The van der Waals surface area contributed by atoms with Gasteiger partial charge in [0.05, 0.1) is 5.54 Å². The van der Waals surface area contributed by atoms with Crippen molar-refractivity contribution in [3.8, 4) is 11.8 Å². The van der Waals surface area contributed by atoms with E-state index in [1.807, 2.05) is 0 Å². The molecule has 0 saturated heterocycles. The van der Waals surface area contributed by atoms with E-state index in [1.54, 1.807) is 20.8 Å². The van der Waals surface area contributed by atoms with E-state index in [1.165, 1.54) is 0 Å². The fraction of sp³-hybridized carbons (Fsp3) is 0.667. The molecule has 0 radical (unpaired) electrons. The minimum atomic E-state index is -0.792. The highest BCUT2D eigenvalue weighted by Gasteiger charge is 2.20. The van der Waals surface area contributed by atoms with Crippen molar-refractivity contribution in [1.29, 1.82) is 0 Å². The minimum Gasteiger partial charge on any atom is -0.354 e. The second kappa shape index (κ2) is 4.78. The predicted octanol–water partition coefficient (Wildman–Crippen LogP) is 0.253. The second-order valence-electron chi connectivity index (χ2n) is 3.15. The van der Waals surface area contributed by atoms with Gasteiger partial charge in [0.2, 0.25) is 5.91 Å². The number of carbonyl (C=O) groups excluding carboxylic acids is 1. The lowest BCUT2D eigenvalue weighted by molar-refractivity contribution is -0.125. The van der Waals surface area contributed by atoms with E-state index in [9.17, 15) is 4.79 Å². The molecule has 0 spiro atoms. The highest BCUT2D eigenvalue weighted by Crippen LogP contribution is 1.94. The molecule has 1 amide bonds. The molecule has 0 aliphatic rings. The quantitative estimate of drug-likeness (QED) is 0.469. The Labute approximate surface area is 73.7 Å². The first-order valence-corrected chi connectivity index (χ1v) is 3.95. The molecule has 68 valence electrons. The Morgan fingerprint density at radius 3 is 2.58 bits per heavy atom. The van der Waals surface area contributed by atoms with Crippen LogP contribution >= 0.6 is 0 Å². The maximum Gasteiger partial charge on any atom is 0.239 e. The normalized spacial score (nSPS) is 10.0. The van der Waals surface area contributed by atoms with Crippen molar-refractivity contribution in [2.24, 2.45) is 5.73 Å². The molecular formula is C9H16N2O. The third-order valence-electron chi connectivity index (χ3n) is 1.30. The van der Waals surface area contributed by atoms with Crippen LogP contribution < -0.4 is 11.1 Å². The van der Waals surface area contributed by atoms with Crippen LogP contribution in [0.15, 0.2) is 0 Å². The van der Waals surface area contributed by atoms with Crippen LogP contribution in [0.5, 0.6) is 0 Å². The van der Waals surface area contributed by atoms with Crippen LogP contribution in [0.2, 0.25) is 0 Å². The summed E-state index contributed by atoms with van der Waals surface area (Å²) >= 11 is 0. The number of nitrogens with one attached hydrogen (secondary N) is 1. The zero-order valence-corrected chi connectivity index (χ0v) is 7.90. The molecular weight excluding hydrogens is 152 g/mol. The molecule has 3 nitrogen and oxygen atoms in total.